The molecule has 86 valence electrons. The highest BCUT2D eigenvalue weighted by molar-refractivity contribution is 5.75. The van der Waals surface area contributed by atoms with Crippen LogP contribution < -0.4 is 5.32 Å². The summed E-state index contributed by atoms with van der Waals surface area (Å²) in [6, 6.07) is 2.02. The Morgan fingerprint density at radius 1 is 1.38 bits per heavy atom. The van der Waals surface area contributed by atoms with Crippen molar-refractivity contribution in [3.63, 3.8) is 0 Å². The van der Waals surface area contributed by atoms with Gasteiger partial charge in [0, 0.05) is 11.7 Å². The molecular weight excluding hydrogens is 200 g/mol. The second-order valence-corrected chi connectivity index (χ2v) is 4.93. The van der Waals surface area contributed by atoms with E-state index >= 15 is 0 Å². The summed E-state index contributed by atoms with van der Waals surface area (Å²) in [6.45, 7) is 7.33. The first-order valence-electron chi connectivity index (χ1n) is 5.50. The van der Waals surface area contributed by atoms with Crippen molar-refractivity contribution in [3.8, 4) is 0 Å². The van der Waals surface area contributed by atoms with Crippen LogP contribution in [0.25, 0.3) is 11.0 Å². The molecule has 0 fully saturated rings. The molecule has 4 heteroatoms. The number of nitrogens with zero attached hydrogens (tertiary/aromatic N) is 3. The maximum Gasteiger partial charge on any atom is 0.124 e. The Morgan fingerprint density at radius 3 is 2.75 bits per heavy atom. The van der Waals surface area contributed by atoms with Gasteiger partial charge in [-0.2, -0.15) is 0 Å². The second-order valence-electron chi connectivity index (χ2n) is 4.93. The van der Waals surface area contributed by atoms with Gasteiger partial charge in [-0.3, -0.25) is 4.98 Å². The third-order valence-corrected chi connectivity index (χ3v) is 2.53. The number of rotatable bonds is 2. The van der Waals surface area contributed by atoms with Crippen molar-refractivity contribution in [1.82, 2.24) is 19.9 Å². The molecule has 16 heavy (non-hydrogen) atoms. The van der Waals surface area contributed by atoms with Crippen molar-refractivity contribution in [1.29, 1.82) is 0 Å². The zero-order chi connectivity index (χ0) is 11.8. The maximum atomic E-state index is 4.61. The highest BCUT2D eigenvalue weighted by atomic mass is 15.2. The summed E-state index contributed by atoms with van der Waals surface area (Å²) in [7, 11) is 1.94. The maximum absolute atomic E-state index is 4.61. The number of pyridine rings is 1. The average molecular weight is 218 g/mol. The highest BCUT2D eigenvalue weighted by Crippen LogP contribution is 2.24. The van der Waals surface area contributed by atoms with Crippen molar-refractivity contribution in [3.05, 3.63) is 24.3 Å². The predicted molar refractivity (Wildman–Crippen MR) is 65.3 cm³/mol. The fourth-order valence-corrected chi connectivity index (χ4v) is 2.01. The molecule has 0 spiro atoms. The minimum atomic E-state index is 0.0300. The van der Waals surface area contributed by atoms with E-state index in [9.17, 15) is 0 Å². The SMILES string of the molecule is CNCc1nc2cnccc2n1C(C)(C)C. The first-order valence-corrected chi connectivity index (χ1v) is 5.50. The van der Waals surface area contributed by atoms with Gasteiger partial charge in [-0.05, 0) is 33.9 Å². The van der Waals surface area contributed by atoms with E-state index in [-0.39, 0.29) is 5.54 Å². The van der Waals surface area contributed by atoms with Crippen molar-refractivity contribution in [2.45, 2.75) is 32.9 Å². The van der Waals surface area contributed by atoms with Crippen LogP contribution in [0.3, 0.4) is 0 Å². The van der Waals surface area contributed by atoms with Crippen LogP contribution in [0.15, 0.2) is 18.5 Å². The summed E-state index contributed by atoms with van der Waals surface area (Å²) in [5, 5.41) is 3.15. The van der Waals surface area contributed by atoms with Crippen LogP contribution in [0.5, 0.6) is 0 Å². The lowest BCUT2D eigenvalue weighted by Crippen LogP contribution is -2.26. The summed E-state index contributed by atoms with van der Waals surface area (Å²) in [4.78, 5) is 8.72. The normalized spacial score (nSPS) is 12.2. The molecule has 0 amide bonds. The van der Waals surface area contributed by atoms with Crippen LogP contribution in [0, 0.1) is 0 Å². The number of hydrogen-bond acceptors (Lipinski definition) is 3. The molecular formula is C12H18N4. The van der Waals surface area contributed by atoms with Gasteiger partial charge in [0.2, 0.25) is 0 Å². The Hall–Kier alpha value is -1.42. The topological polar surface area (TPSA) is 42.7 Å². The van der Waals surface area contributed by atoms with Crippen molar-refractivity contribution in [2.24, 2.45) is 0 Å². The number of imidazole rings is 1. The summed E-state index contributed by atoms with van der Waals surface area (Å²) in [6.07, 6.45) is 3.63. The van der Waals surface area contributed by atoms with Gasteiger partial charge < -0.3 is 9.88 Å². The number of nitrogens with one attached hydrogen (secondary N) is 1. The van der Waals surface area contributed by atoms with Crippen molar-refractivity contribution < 1.29 is 0 Å². The van der Waals surface area contributed by atoms with E-state index in [4.69, 9.17) is 0 Å². The van der Waals surface area contributed by atoms with Crippen molar-refractivity contribution in [2.75, 3.05) is 7.05 Å². The summed E-state index contributed by atoms with van der Waals surface area (Å²) < 4.78 is 2.26. The Bertz CT molecular complexity index is 493. The van der Waals surface area contributed by atoms with Crippen LogP contribution in [-0.4, -0.2) is 21.6 Å². The Morgan fingerprint density at radius 2 is 2.12 bits per heavy atom. The molecule has 0 radical (unpaired) electrons. The summed E-state index contributed by atoms with van der Waals surface area (Å²) in [5.74, 6) is 1.05. The fourth-order valence-electron chi connectivity index (χ4n) is 2.01. The first kappa shape index (κ1) is 11.1. The van der Waals surface area contributed by atoms with Crippen LogP contribution >= 0.6 is 0 Å². The molecule has 2 heterocycles. The van der Waals surface area contributed by atoms with Crippen LogP contribution in [0.4, 0.5) is 0 Å². The second kappa shape index (κ2) is 3.87. The molecule has 0 bridgehead atoms. The third-order valence-electron chi connectivity index (χ3n) is 2.53. The molecule has 0 aliphatic carbocycles. The Balaban J connectivity index is 2.69. The Labute approximate surface area is 95.7 Å². The van der Waals surface area contributed by atoms with Gasteiger partial charge >= 0.3 is 0 Å². The lowest BCUT2D eigenvalue weighted by Gasteiger charge is -2.24. The lowest BCUT2D eigenvalue weighted by atomic mass is 10.1. The van der Waals surface area contributed by atoms with Crippen LogP contribution in [0.1, 0.15) is 26.6 Å². The van der Waals surface area contributed by atoms with Gasteiger partial charge in [-0.1, -0.05) is 0 Å². The highest BCUT2D eigenvalue weighted by Gasteiger charge is 2.20. The fraction of sp³-hybridized carbons (Fsp3) is 0.500. The summed E-state index contributed by atoms with van der Waals surface area (Å²) >= 11 is 0. The van der Waals surface area contributed by atoms with E-state index in [1.807, 2.05) is 25.5 Å². The van der Waals surface area contributed by atoms with E-state index in [0.717, 1.165) is 23.4 Å². The molecule has 0 saturated heterocycles. The zero-order valence-corrected chi connectivity index (χ0v) is 10.3. The van der Waals surface area contributed by atoms with Crippen LogP contribution in [0.2, 0.25) is 0 Å². The summed E-state index contributed by atoms with van der Waals surface area (Å²) in [5.41, 5.74) is 2.14. The molecule has 2 aromatic rings. The smallest absolute Gasteiger partial charge is 0.124 e. The third kappa shape index (κ3) is 1.80. The van der Waals surface area contributed by atoms with Gasteiger partial charge in [0.1, 0.15) is 11.3 Å². The first-order chi connectivity index (χ1) is 7.54. The molecule has 0 saturated carbocycles. The van der Waals surface area contributed by atoms with Gasteiger partial charge in [0.05, 0.1) is 18.3 Å². The quantitative estimate of drug-likeness (QED) is 0.837. The number of hydrogen-bond donors (Lipinski definition) is 1. The van der Waals surface area contributed by atoms with E-state index in [1.54, 1.807) is 0 Å². The minimum Gasteiger partial charge on any atom is -0.321 e. The Kier molecular flexibility index (Phi) is 2.68. The predicted octanol–water partition coefficient (Wildman–Crippen LogP) is 1.91. The van der Waals surface area contributed by atoms with Gasteiger partial charge in [0.25, 0.3) is 0 Å². The molecule has 0 aliphatic rings. The molecule has 0 atom stereocenters. The zero-order valence-electron chi connectivity index (χ0n) is 10.3. The van der Waals surface area contributed by atoms with Gasteiger partial charge in [-0.25, -0.2) is 4.98 Å². The van der Waals surface area contributed by atoms with Crippen molar-refractivity contribution >= 4 is 11.0 Å². The molecule has 0 aliphatic heterocycles. The van der Waals surface area contributed by atoms with E-state index < -0.39 is 0 Å². The van der Waals surface area contributed by atoms with Gasteiger partial charge in [-0.15, -0.1) is 0 Å². The standard InChI is InChI=1S/C12H18N4/c1-12(2,3)16-10-5-6-14-7-9(10)15-11(16)8-13-4/h5-7,13H,8H2,1-4H3. The van der Waals surface area contributed by atoms with E-state index in [0.29, 0.717) is 0 Å². The largest absolute Gasteiger partial charge is 0.321 e. The molecule has 4 nitrogen and oxygen atoms in total. The molecule has 2 aromatic heterocycles. The molecule has 1 N–H and O–H groups in total. The minimum absolute atomic E-state index is 0.0300. The van der Waals surface area contributed by atoms with Gasteiger partial charge in [0.15, 0.2) is 0 Å². The number of aromatic nitrogens is 3. The lowest BCUT2D eigenvalue weighted by molar-refractivity contribution is 0.391. The average Bonchev–Trinajstić information content (AvgIpc) is 2.55. The van der Waals surface area contributed by atoms with E-state index in [2.05, 4.69) is 40.6 Å². The number of fused-ring (bicyclic) bond motifs is 1. The molecule has 0 unspecified atom stereocenters. The molecule has 0 aromatic carbocycles. The van der Waals surface area contributed by atoms with E-state index in [1.165, 1.54) is 0 Å². The van der Waals surface area contributed by atoms with Crippen LogP contribution in [-0.2, 0) is 12.1 Å². The molecule has 2 rings (SSSR count). The monoisotopic (exact) mass is 218 g/mol.